The van der Waals surface area contributed by atoms with Crippen molar-refractivity contribution in [3.63, 3.8) is 0 Å². The lowest BCUT2D eigenvalue weighted by Gasteiger charge is -2.28. The van der Waals surface area contributed by atoms with Gasteiger partial charge in [0.15, 0.2) is 0 Å². The second-order valence-electron chi connectivity index (χ2n) is 13.4. The number of ketones is 2. The largest absolute Gasteiger partial charge is 0.471 e. The number of benzene rings is 2. The van der Waals surface area contributed by atoms with Crippen LogP contribution in [0.3, 0.4) is 0 Å². The van der Waals surface area contributed by atoms with Gasteiger partial charge in [-0.25, -0.2) is 9.25 Å². The molecule has 2 aromatic carbocycles. The molecule has 16 heteroatoms. The van der Waals surface area contributed by atoms with Crippen LogP contribution in [0.1, 0.15) is 76.2 Å². The zero-order valence-corrected chi connectivity index (χ0v) is 33.6. The molecule has 0 radical (unpaired) electrons. The third-order valence-corrected chi connectivity index (χ3v) is 10.2. The Kier molecular flexibility index (Phi) is 20.0. The zero-order valence-electron chi connectivity index (χ0n) is 32.7. The van der Waals surface area contributed by atoms with Crippen molar-refractivity contribution in [1.82, 2.24) is 15.0 Å². The molecule has 1 atom stereocenters. The molecule has 1 aliphatic heterocycles. The highest BCUT2D eigenvalue weighted by Gasteiger charge is 2.28. The number of anilines is 1. The van der Waals surface area contributed by atoms with E-state index in [1.807, 2.05) is 55.6 Å². The lowest BCUT2D eigenvalue weighted by molar-refractivity contribution is -0.124. The number of phosphoric acid groups is 1. The number of amides is 1. The van der Waals surface area contributed by atoms with Crippen molar-refractivity contribution in [3.05, 3.63) is 54.1 Å². The molecular weight excluding hydrogens is 743 g/mol. The normalized spacial score (nSPS) is 13.3. The van der Waals surface area contributed by atoms with E-state index < -0.39 is 7.82 Å². The van der Waals surface area contributed by atoms with Crippen LogP contribution >= 0.6 is 7.82 Å². The number of hydrogen-bond donors (Lipinski definition) is 1. The number of nitrogens with zero attached hydrogens (tertiary/aromatic N) is 4. The second kappa shape index (κ2) is 24.9. The van der Waals surface area contributed by atoms with Gasteiger partial charge in [-0.1, -0.05) is 66.9 Å². The molecule has 0 saturated carbocycles. The Morgan fingerprint density at radius 3 is 2.00 bits per heavy atom. The van der Waals surface area contributed by atoms with E-state index in [2.05, 4.69) is 14.8 Å². The number of ether oxygens (including phenoxy) is 4. The summed E-state index contributed by atoms with van der Waals surface area (Å²) in [4.78, 5) is 49.2. The van der Waals surface area contributed by atoms with Gasteiger partial charge in [-0.05, 0) is 30.9 Å². The summed E-state index contributed by atoms with van der Waals surface area (Å²) in [6.07, 6.45) is 6.28. The Balaban J connectivity index is 0.963. The molecule has 1 aliphatic rings. The van der Waals surface area contributed by atoms with Gasteiger partial charge in [-0.3, -0.25) is 23.4 Å². The summed E-state index contributed by atoms with van der Waals surface area (Å²) in [5, 5.41) is 8.73. The highest BCUT2D eigenvalue weighted by molar-refractivity contribution is 7.47. The number of Topliss-reactive ketones (excluding diaryl/α,β-unsaturated/α-hetero) is 2. The zero-order chi connectivity index (χ0) is 40.0. The lowest BCUT2D eigenvalue weighted by atomic mass is 9.95. The van der Waals surface area contributed by atoms with Gasteiger partial charge in [0.05, 0.1) is 70.8 Å². The molecular formula is C40H57N4O11P. The van der Waals surface area contributed by atoms with Gasteiger partial charge in [-0.2, -0.15) is 0 Å². The quantitative estimate of drug-likeness (QED) is 0.0616. The summed E-state index contributed by atoms with van der Waals surface area (Å²) < 4.78 is 44.2. The molecule has 56 heavy (non-hydrogen) atoms. The van der Waals surface area contributed by atoms with Crippen LogP contribution in [0, 0.1) is 0 Å². The molecule has 0 spiro atoms. The molecule has 1 unspecified atom stereocenters. The highest BCUT2D eigenvalue weighted by Crippen LogP contribution is 2.42. The van der Waals surface area contributed by atoms with E-state index in [0.717, 1.165) is 66.6 Å². The third kappa shape index (κ3) is 15.4. The summed E-state index contributed by atoms with van der Waals surface area (Å²) in [5.41, 5.74) is 5.17. The predicted octanol–water partition coefficient (Wildman–Crippen LogP) is 6.25. The fourth-order valence-electron chi connectivity index (χ4n) is 6.25. The number of carbonyl (C=O) groups is 3. The molecule has 1 N–H and O–H groups in total. The van der Waals surface area contributed by atoms with Gasteiger partial charge in [0, 0.05) is 64.0 Å². The minimum Gasteiger partial charge on any atom is -0.379 e. The van der Waals surface area contributed by atoms with Crippen molar-refractivity contribution in [1.29, 1.82) is 0 Å². The van der Waals surface area contributed by atoms with Crippen LogP contribution in [0.5, 0.6) is 0 Å². The lowest BCUT2D eigenvalue weighted by Crippen LogP contribution is -2.32. The number of phosphoric ester groups is 1. The number of aryl methyl sites for hydroxylation is 1. The number of rotatable bonds is 29. The first-order valence-electron chi connectivity index (χ1n) is 19.5. The summed E-state index contributed by atoms with van der Waals surface area (Å²) in [5.74, 6) is 0.0801. The number of unbranched alkanes of at least 4 members (excludes halogenated alkanes) is 4. The Morgan fingerprint density at radius 2 is 1.27 bits per heavy atom. The Hall–Kier alpha value is -3.66. The maximum atomic E-state index is 13.6. The van der Waals surface area contributed by atoms with Crippen molar-refractivity contribution < 1.29 is 51.8 Å². The summed E-state index contributed by atoms with van der Waals surface area (Å²) in [7, 11) is -0.891. The molecule has 1 aromatic heterocycles. The molecule has 1 amide bonds. The van der Waals surface area contributed by atoms with E-state index in [0.29, 0.717) is 91.5 Å². The SMILES string of the molecule is COP(=O)(O)OCCCCCCCC(=O)CCOCCOCCOCCOCCCC(=O)CCC(=O)N1Cc2ccccc2-c2c(nnn2C)-c2ccccc21. The summed E-state index contributed by atoms with van der Waals surface area (Å²) in [6, 6.07) is 15.7. The average Bonchev–Trinajstić information content (AvgIpc) is 3.58. The van der Waals surface area contributed by atoms with Crippen LogP contribution in [0.15, 0.2) is 48.5 Å². The first-order chi connectivity index (χ1) is 27.2. The molecule has 0 saturated heterocycles. The first-order valence-corrected chi connectivity index (χ1v) is 20.9. The van der Waals surface area contributed by atoms with Crippen LogP contribution in [0.4, 0.5) is 5.69 Å². The average molecular weight is 801 g/mol. The standard InChI is InChI=1S/C40H57N4O11P/c1-43-40-35-16-8-7-13-32(35)31-44(37-18-10-9-17-36(37)39(40)41-42-43)38(47)20-19-33(45)15-12-22-51-25-27-53-29-30-54-28-26-52-24-21-34(46)14-6-4-3-5-11-23-55-56(48,49)50-2/h7-10,13,16-18H,3-6,11-12,14-15,19-31H2,1-2H3,(H,48,49). The minimum atomic E-state index is -3.89. The predicted molar refractivity (Wildman–Crippen MR) is 210 cm³/mol. The summed E-state index contributed by atoms with van der Waals surface area (Å²) >= 11 is 0. The topological polar surface area (TPSA) is 178 Å². The van der Waals surface area contributed by atoms with Crippen LogP contribution in [0.25, 0.3) is 22.5 Å². The molecule has 0 bridgehead atoms. The number of fused-ring (bicyclic) bond motifs is 5. The molecule has 0 fully saturated rings. The minimum absolute atomic E-state index is 0.0253. The smallest absolute Gasteiger partial charge is 0.379 e. The van der Waals surface area contributed by atoms with Gasteiger partial charge in [0.1, 0.15) is 17.3 Å². The first kappa shape index (κ1) is 45.0. The van der Waals surface area contributed by atoms with Crippen LogP contribution in [-0.2, 0) is 60.5 Å². The Bertz CT molecular complexity index is 1720. The maximum absolute atomic E-state index is 13.6. The molecule has 15 nitrogen and oxygen atoms in total. The van der Waals surface area contributed by atoms with Gasteiger partial charge in [-0.15, -0.1) is 5.10 Å². The van der Waals surface area contributed by atoms with Crippen LogP contribution < -0.4 is 4.90 Å². The van der Waals surface area contributed by atoms with Crippen molar-refractivity contribution in [2.75, 3.05) is 71.5 Å². The van der Waals surface area contributed by atoms with Crippen molar-refractivity contribution >= 4 is 31.0 Å². The second-order valence-corrected chi connectivity index (χ2v) is 15.0. The Labute approximate surface area is 329 Å². The van der Waals surface area contributed by atoms with E-state index in [1.165, 1.54) is 0 Å². The highest BCUT2D eigenvalue weighted by atomic mass is 31.2. The molecule has 2 heterocycles. The van der Waals surface area contributed by atoms with E-state index >= 15 is 0 Å². The number of hydrogen-bond acceptors (Lipinski definition) is 12. The van der Waals surface area contributed by atoms with E-state index in [4.69, 9.17) is 28.4 Å². The fraction of sp³-hybridized carbons (Fsp3) is 0.575. The van der Waals surface area contributed by atoms with Gasteiger partial charge >= 0.3 is 7.82 Å². The third-order valence-electron chi connectivity index (χ3n) is 9.27. The monoisotopic (exact) mass is 800 g/mol. The summed E-state index contributed by atoms with van der Waals surface area (Å²) in [6.45, 7) is 3.83. The van der Waals surface area contributed by atoms with E-state index in [1.54, 1.807) is 9.58 Å². The molecule has 0 aliphatic carbocycles. The van der Waals surface area contributed by atoms with Gasteiger partial charge in [0.2, 0.25) is 5.91 Å². The Morgan fingerprint density at radius 1 is 0.679 bits per heavy atom. The van der Waals surface area contributed by atoms with E-state index in [9.17, 15) is 18.9 Å². The van der Waals surface area contributed by atoms with Crippen LogP contribution in [-0.4, -0.2) is 104 Å². The van der Waals surface area contributed by atoms with Crippen molar-refractivity contribution in [3.8, 4) is 22.5 Å². The number of para-hydroxylation sites is 1. The molecule has 3 aromatic rings. The van der Waals surface area contributed by atoms with Gasteiger partial charge in [0.25, 0.3) is 0 Å². The van der Waals surface area contributed by atoms with Crippen LogP contribution in [0.2, 0.25) is 0 Å². The van der Waals surface area contributed by atoms with Gasteiger partial charge < -0.3 is 28.7 Å². The van der Waals surface area contributed by atoms with E-state index in [-0.39, 0.29) is 36.9 Å². The fourth-order valence-corrected chi connectivity index (χ4v) is 6.72. The molecule has 4 rings (SSSR count). The number of carbonyl (C=O) groups excluding carboxylic acids is 3. The van der Waals surface area contributed by atoms with Crippen molar-refractivity contribution in [2.45, 2.75) is 77.2 Å². The van der Waals surface area contributed by atoms with Crippen molar-refractivity contribution in [2.24, 2.45) is 7.05 Å². The maximum Gasteiger partial charge on any atom is 0.471 e. The molecule has 308 valence electrons. The number of aromatic nitrogens is 3.